The van der Waals surface area contributed by atoms with Crippen LogP contribution in [0.2, 0.25) is 0 Å². The lowest BCUT2D eigenvalue weighted by molar-refractivity contribution is -0.134. The molecule has 1 aromatic rings. The van der Waals surface area contributed by atoms with Crippen LogP contribution in [0, 0.1) is 11.8 Å². The van der Waals surface area contributed by atoms with E-state index in [1.54, 1.807) is 7.11 Å². The minimum atomic E-state index is 0.165. The van der Waals surface area contributed by atoms with Gasteiger partial charge in [0, 0.05) is 31.7 Å². The highest BCUT2D eigenvalue weighted by molar-refractivity contribution is 5.76. The normalized spacial score (nSPS) is 21.8. The molecule has 0 aliphatic carbocycles. The molecule has 2 atom stereocenters. The quantitative estimate of drug-likeness (QED) is 0.759. The highest BCUT2D eigenvalue weighted by Crippen LogP contribution is 2.27. The second-order valence-electron chi connectivity index (χ2n) is 7.99. The Morgan fingerprint density at radius 1 is 1.30 bits per heavy atom. The van der Waals surface area contributed by atoms with Crippen LogP contribution in [0.25, 0.3) is 0 Å². The molecule has 2 heterocycles. The van der Waals surface area contributed by atoms with E-state index in [1.165, 1.54) is 12.8 Å². The third kappa shape index (κ3) is 5.69. The zero-order chi connectivity index (χ0) is 19.1. The molecule has 27 heavy (non-hydrogen) atoms. The molecule has 2 saturated heterocycles. The minimum absolute atomic E-state index is 0.165. The van der Waals surface area contributed by atoms with Gasteiger partial charge in [-0.2, -0.15) is 0 Å². The van der Waals surface area contributed by atoms with E-state index in [-0.39, 0.29) is 12.0 Å². The zero-order valence-corrected chi connectivity index (χ0v) is 16.8. The van der Waals surface area contributed by atoms with Crippen molar-refractivity contribution in [2.45, 2.75) is 51.7 Å². The molecule has 1 N–H and O–H groups in total. The summed E-state index contributed by atoms with van der Waals surface area (Å²) in [6.45, 7) is 6.46. The lowest BCUT2D eigenvalue weighted by Gasteiger charge is -2.31. The van der Waals surface area contributed by atoms with Gasteiger partial charge in [-0.3, -0.25) is 4.79 Å². The van der Waals surface area contributed by atoms with Crippen LogP contribution in [0.4, 0.5) is 0 Å². The molecule has 3 rings (SSSR count). The standard InChI is InChI=1S/C22H34N2O3/c1-17(18-9-11-23-12-10-18)14-22(25)24(16-20-7-5-13-27-20)15-19-6-3-4-8-21(19)26-2/h3-4,6,8,17-18,20,23H,5,7,9-16H2,1-2H3. The number of rotatable bonds is 8. The van der Waals surface area contributed by atoms with Crippen molar-refractivity contribution >= 4 is 5.91 Å². The van der Waals surface area contributed by atoms with Crippen LogP contribution >= 0.6 is 0 Å². The first kappa shape index (κ1) is 20.2. The summed E-state index contributed by atoms with van der Waals surface area (Å²) in [6.07, 6.45) is 5.26. The number of hydrogen-bond acceptors (Lipinski definition) is 4. The van der Waals surface area contributed by atoms with Gasteiger partial charge >= 0.3 is 0 Å². The van der Waals surface area contributed by atoms with Gasteiger partial charge in [0.05, 0.1) is 13.2 Å². The summed E-state index contributed by atoms with van der Waals surface area (Å²) in [7, 11) is 1.68. The summed E-state index contributed by atoms with van der Waals surface area (Å²) in [5.41, 5.74) is 1.06. The van der Waals surface area contributed by atoms with Gasteiger partial charge in [-0.1, -0.05) is 25.1 Å². The molecule has 0 aromatic heterocycles. The lowest BCUT2D eigenvalue weighted by Crippen LogP contribution is -2.39. The van der Waals surface area contributed by atoms with E-state index in [1.807, 2.05) is 29.2 Å². The second-order valence-corrected chi connectivity index (χ2v) is 7.99. The number of benzene rings is 1. The third-order valence-corrected chi connectivity index (χ3v) is 6.04. The summed E-state index contributed by atoms with van der Waals surface area (Å²) < 4.78 is 11.3. The number of piperidine rings is 1. The van der Waals surface area contributed by atoms with Gasteiger partial charge in [-0.05, 0) is 56.7 Å². The number of carbonyl (C=O) groups excluding carboxylic acids is 1. The Morgan fingerprint density at radius 3 is 2.78 bits per heavy atom. The number of carbonyl (C=O) groups is 1. The number of nitrogens with one attached hydrogen (secondary N) is 1. The van der Waals surface area contributed by atoms with Crippen LogP contribution in [0.5, 0.6) is 5.75 Å². The van der Waals surface area contributed by atoms with Gasteiger partial charge in [0.1, 0.15) is 5.75 Å². The van der Waals surface area contributed by atoms with Crippen molar-refractivity contribution < 1.29 is 14.3 Å². The van der Waals surface area contributed by atoms with Crippen LogP contribution in [0.1, 0.15) is 44.6 Å². The summed E-state index contributed by atoms with van der Waals surface area (Å²) in [5.74, 6) is 2.15. The lowest BCUT2D eigenvalue weighted by atomic mass is 9.84. The van der Waals surface area contributed by atoms with Crippen LogP contribution in [-0.2, 0) is 16.1 Å². The number of amides is 1. The summed E-state index contributed by atoms with van der Waals surface area (Å²) >= 11 is 0. The fraction of sp³-hybridized carbons (Fsp3) is 0.682. The Labute approximate surface area is 163 Å². The van der Waals surface area contributed by atoms with Crippen molar-refractivity contribution in [2.24, 2.45) is 11.8 Å². The SMILES string of the molecule is COc1ccccc1CN(CC1CCCO1)C(=O)CC(C)C1CCNCC1. The topological polar surface area (TPSA) is 50.8 Å². The van der Waals surface area contributed by atoms with Crippen LogP contribution in [-0.4, -0.2) is 50.3 Å². The smallest absolute Gasteiger partial charge is 0.223 e. The molecule has 2 aliphatic rings. The maximum Gasteiger partial charge on any atom is 0.223 e. The van der Waals surface area contributed by atoms with E-state index in [2.05, 4.69) is 12.2 Å². The Morgan fingerprint density at radius 2 is 2.07 bits per heavy atom. The van der Waals surface area contributed by atoms with E-state index in [0.29, 0.717) is 31.3 Å². The average molecular weight is 375 g/mol. The summed E-state index contributed by atoms with van der Waals surface area (Å²) in [5, 5.41) is 3.41. The van der Waals surface area contributed by atoms with Crippen molar-refractivity contribution in [1.82, 2.24) is 10.2 Å². The van der Waals surface area contributed by atoms with Gasteiger partial charge in [0.15, 0.2) is 0 Å². The van der Waals surface area contributed by atoms with Crippen LogP contribution < -0.4 is 10.1 Å². The maximum absolute atomic E-state index is 13.2. The van der Waals surface area contributed by atoms with Crippen LogP contribution in [0.3, 0.4) is 0 Å². The third-order valence-electron chi connectivity index (χ3n) is 6.04. The predicted octanol–water partition coefficient (Wildman–Crippen LogP) is 3.23. The number of nitrogens with zero attached hydrogens (tertiary/aromatic N) is 1. The average Bonchev–Trinajstić information content (AvgIpc) is 3.21. The minimum Gasteiger partial charge on any atom is -0.496 e. The molecule has 1 aromatic carbocycles. The van der Waals surface area contributed by atoms with E-state index in [9.17, 15) is 4.79 Å². The Bertz CT molecular complexity index is 595. The Hall–Kier alpha value is -1.59. The van der Waals surface area contributed by atoms with Gasteiger partial charge in [-0.15, -0.1) is 0 Å². The van der Waals surface area contributed by atoms with Gasteiger partial charge < -0.3 is 19.7 Å². The maximum atomic E-state index is 13.2. The van der Waals surface area contributed by atoms with Crippen molar-refractivity contribution in [3.05, 3.63) is 29.8 Å². The van der Waals surface area contributed by atoms with E-state index in [4.69, 9.17) is 9.47 Å². The molecule has 0 spiro atoms. The fourth-order valence-corrected chi connectivity index (χ4v) is 4.31. The monoisotopic (exact) mass is 374 g/mol. The first-order valence-electron chi connectivity index (χ1n) is 10.4. The van der Waals surface area contributed by atoms with Gasteiger partial charge in [0.2, 0.25) is 5.91 Å². The van der Waals surface area contributed by atoms with Crippen molar-refractivity contribution in [1.29, 1.82) is 0 Å². The molecule has 5 heteroatoms. The molecule has 0 radical (unpaired) electrons. The number of methoxy groups -OCH3 is 1. The Kier molecular flexibility index (Phi) is 7.53. The first-order valence-corrected chi connectivity index (χ1v) is 10.4. The number of para-hydroxylation sites is 1. The highest BCUT2D eigenvalue weighted by atomic mass is 16.5. The molecule has 0 saturated carbocycles. The van der Waals surface area contributed by atoms with E-state index < -0.39 is 0 Å². The molecule has 150 valence electrons. The molecular formula is C22H34N2O3. The van der Waals surface area contributed by atoms with Crippen molar-refractivity contribution in [2.75, 3.05) is 33.4 Å². The van der Waals surface area contributed by atoms with E-state index in [0.717, 1.165) is 43.9 Å². The van der Waals surface area contributed by atoms with Gasteiger partial charge in [-0.25, -0.2) is 0 Å². The predicted molar refractivity (Wildman–Crippen MR) is 107 cm³/mol. The summed E-state index contributed by atoms with van der Waals surface area (Å²) in [6, 6.07) is 7.98. The Balaban J connectivity index is 1.67. The highest BCUT2D eigenvalue weighted by Gasteiger charge is 2.27. The molecule has 2 aliphatic heterocycles. The van der Waals surface area contributed by atoms with Gasteiger partial charge in [0.25, 0.3) is 0 Å². The largest absolute Gasteiger partial charge is 0.496 e. The zero-order valence-electron chi connectivity index (χ0n) is 16.8. The van der Waals surface area contributed by atoms with Crippen molar-refractivity contribution in [3.63, 3.8) is 0 Å². The molecule has 1 amide bonds. The molecule has 2 unspecified atom stereocenters. The first-order chi connectivity index (χ1) is 13.2. The number of ether oxygens (including phenoxy) is 2. The molecular weight excluding hydrogens is 340 g/mol. The molecule has 2 fully saturated rings. The van der Waals surface area contributed by atoms with Crippen LogP contribution in [0.15, 0.2) is 24.3 Å². The van der Waals surface area contributed by atoms with Crippen molar-refractivity contribution in [3.8, 4) is 5.75 Å². The molecule has 0 bridgehead atoms. The van der Waals surface area contributed by atoms with E-state index >= 15 is 0 Å². The second kappa shape index (κ2) is 10.1. The molecule has 5 nitrogen and oxygen atoms in total. The summed E-state index contributed by atoms with van der Waals surface area (Å²) in [4.78, 5) is 15.2. The number of hydrogen-bond donors (Lipinski definition) is 1. The fourth-order valence-electron chi connectivity index (χ4n) is 4.31.